The summed E-state index contributed by atoms with van der Waals surface area (Å²) in [5.74, 6) is -0.113. The Morgan fingerprint density at radius 1 is 1.09 bits per heavy atom. The molecular weight excluding hydrogens is 296 g/mol. The topological polar surface area (TPSA) is 91.6 Å². The third-order valence-electron chi connectivity index (χ3n) is 3.16. The molecule has 2 rings (SSSR count). The third-order valence-corrected chi connectivity index (χ3v) is 3.16. The summed E-state index contributed by atoms with van der Waals surface area (Å²) >= 11 is 0. The van der Waals surface area contributed by atoms with Gasteiger partial charge >= 0.3 is 0 Å². The van der Waals surface area contributed by atoms with Gasteiger partial charge in [-0.25, -0.2) is 0 Å². The van der Waals surface area contributed by atoms with Crippen molar-refractivity contribution >= 4 is 11.8 Å². The number of hydrogen-bond donors (Lipinski definition) is 3. The van der Waals surface area contributed by atoms with Crippen LogP contribution in [0.3, 0.4) is 0 Å². The second kappa shape index (κ2) is 7.60. The quantitative estimate of drug-likeness (QED) is 0.759. The van der Waals surface area contributed by atoms with Gasteiger partial charge in [-0.15, -0.1) is 0 Å². The first-order valence-corrected chi connectivity index (χ1v) is 7.38. The minimum atomic E-state index is -0.898. The largest absolute Gasteiger partial charge is 0.467 e. The molecule has 2 amide bonds. The van der Waals surface area contributed by atoms with Crippen LogP contribution in [0.5, 0.6) is 0 Å². The summed E-state index contributed by atoms with van der Waals surface area (Å²) in [6.07, 6.45) is 0.562. The zero-order valence-electron chi connectivity index (χ0n) is 13.1. The Labute approximate surface area is 134 Å². The van der Waals surface area contributed by atoms with Crippen LogP contribution in [0.25, 0.3) is 0 Å². The standard InChI is InChI=1S/C17H20N2O4/c1-11(2)19-17(22)13-7-5-12(6-8-13)16(21)18-10-14(20)15-4-3-9-23-15/h3-9,11,14,20H,10H2,1-2H3,(H,18,21)(H,19,22). The summed E-state index contributed by atoms with van der Waals surface area (Å²) in [6, 6.07) is 9.69. The van der Waals surface area contributed by atoms with Crippen LogP contribution in [0.1, 0.15) is 46.4 Å². The monoisotopic (exact) mass is 316 g/mol. The van der Waals surface area contributed by atoms with Gasteiger partial charge in [-0.1, -0.05) is 0 Å². The molecule has 3 N–H and O–H groups in total. The van der Waals surface area contributed by atoms with Crippen molar-refractivity contribution in [3.05, 3.63) is 59.5 Å². The van der Waals surface area contributed by atoms with Gasteiger partial charge in [0.05, 0.1) is 12.8 Å². The Bertz CT molecular complexity index is 648. The van der Waals surface area contributed by atoms with Crippen molar-refractivity contribution in [2.75, 3.05) is 6.54 Å². The van der Waals surface area contributed by atoms with E-state index in [1.54, 1.807) is 36.4 Å². The van der Waals surface area contributed by atoms with Crippen LogP contribution >= 0.6 is 0 Å². The average molecular weight is 316 g/mol. The number of nitrogens with one attached hydrogen (secondary N) is 2. The Balaban J connectivity index is 1.91. The first-order chi connectivity index (χ1) is 11.0. The number of hydrogen-bond acceptors (Lipinski definition) is 4. The van der Waals surface area contributed by atoms with Crippen molar-refractivity contribution in [2.24, 2.45) is 0 Å². The summed E-state index contributed by atoms with van der Waals surface area (Å²) in [5, 5.41) is 15.2. The van der Waals surface area contributed by atoms with Gasteiger partial charge in [0.15, 0.2) is 0 Å². The van der Waals surface area contributed by atoms with Crippen molar-refractivity contribution in [3.8, 4) is 0 Å². The lowest BCUT2D eigenvalue weighted by molar-refractivity contribution is 0.0898. The van der Waals surface area contributed by atoms with Crippen LogP contribution in [-0.2, 0) is 0 Å². The number of amides is 2. The molecule has 1 unspecified atom stereocenters. The number of rotatable bonds is 6. The number of carbonyl (C=O) groups excluding carboxylic acids is 2. The molecule has 0 bridgehead atoms. The first-order valence-electron chi connectivity index (χ1n) is 7.38. The van der Waals surface area contributed by atoms with Crippen LogP contribution in [0.4, 0.5) is 0 Å². The minimum Gasteiger partial charge on any atom is -0.467 e. The van der Waals surface area contributed by atoms with E-state index in [9.17, 15) is 14.7 Å². The minimum absolute atomic E-state index is 0.0436. The molecule has 1 atom stereocenters. The van der Waals surface area contributed by atoms with E-state index in [2.05, 4.69) is 10.6 Å². The molecule has 0 aliphatic rings. The predicted molar refractivity (Wildman–Crippen MR) is 85.0 cm³/mol. The maximum absolute atomic E-state index is 12.0. The molecule has 1 heterocycles. The van der Waals surface area contributed by atoms with E-state index in [1.165, 1.54) is 6.26 Å². The third kappa shape index (κ3) is 4.69. The van der Waals surface area contributed by atoms with E-state index in [-0.39, 0.29) is 24.4 Å². The molecule has 0 spiro atoms. The lowest BCUT2D eigenvalue weighted by Gasteiger charge is -2.11. The summed E-state index contributed by atoms with van der Waals surface area (Å²) < 4.78 is 5.06. The van der Waals surface area contributed by atoms with Crippen molar-refractivity contribution in [2.45, 2.75) is 26.0 Å². The summed E-state index contributed by atoms with van der Waals surface area (Å²) in [7, 11) is 0. The van der Waals surface area contributed by atoms with Gasteiger partial charge in [-0.3, -0.25) is 9.59 Å². The van der Waals surface area contributed by atoms with Crippen LogP contribution in [0, 0.1) is 0 Å². The fourth-order valence-corrected chi connectivity index (χ4v) is 1.99. The second-order valence-corrected chi connectivity index (χ2v) is 5.45. The fourth-order valence-electron chi connectivity index (χ4n) is 1.99. The van der Waals surface area contributed by atoms with Gasteiger partial charge in [-0.2, -0.15) is 0 Å². The first kappa shape index (κ1) is 16.8. The van der Waals surface area contributed by atoms with Gasteiger partial charge in [0.25, 0.3) is 11.8 Å². The van der Waals surface area contributed by atoms with Crippen LogP contribution in [0.2, 0.25) is 0 Å². The molecule has 1 aromatic carbocycles. The fraction of sp³-hybridized carbons (Fsp3) is 0.294. The molecule has 0 saturated carbocycles. The Kier molecular flexibility index (Phi) is 5.54. The Morgan fingerprint density at radius 3 is 2.22 bits per heavy atom. The van der Waals surface area contributed by atoms with Crippen molar-refractivity contribution < 1.29 is 19.1 Å². The zero-order valence-corrected chi connectivity index (χ0v) is 13.1. The van der Waals surface area contributed by atoms with Gasteiger partial charge in [-0.05, 0) is 50.2 Å². The SMILES string of the molecule is CC(C)NC(=O)c1ccc(C(=O)NCC(O)c2ccco2)cc1. The Hall–Kier alpha value is -2.60. The maximum atomic E-state index is 12.0. The van der Waals surface area contributed by atoms with E-state index in [0.717, 1.165) is 0 Å². The summed E-state index contributed by atoms with van der Waals surface area (Å²) in [5.41, 5.74) is 0.906. The summed E-state index contributed by atoms with van der Waals surface area (Å²) in [6.45, 7) is 3.80. The molecule has 0 aliphatic heterocycles. The molecule has 0 saturated heterocycles. The molecule has 0 fully saturated rings. The zero-order chi connectivity index (χ0) is 16.8. The van der Waals surface area contributed by atoms with E-state index in [4.69, 9.17) is 4.42 Å². The lowest BCUT2D eigenvalue weighted by atomic mass is 10.1. The molecular formula is C17H20N2O4. The lowest BCUT2D eigenvalue weighted by Crippen LogP contribution is -2.30. The van der Waals surface area contributed by atoms with Crippen molar-refractivity contribution in [1.29, 1.82) is 0 Å². The van der Waals surface area contributed by atoms with E-state index in [0.29, 0.717) is 16.9 Å². The van der Waals surface area contributed by atoms with Crippen LogP contribution in [0.15, 0.2) is 47.1 Å². The van der Waals surface area contributed by atoms with Crippen LogP contribution in [-0.4, -0.2) is 29.5 Å². The van der Waals surface area contributed by atoms with Crippen LogP contribution < -0.4 is 10.6 Å². The van der Waals surface area contributed by atoms with E-state index in [1.807, 2.05) is 13.8 Å². The smallest absolute Gasteiger partial charge is 0.251 e. The number of benzene rings is 1. The molecule has 0 aliphatic carbocycles. The maximum Gasteiger partial charge on any atom is 0.251 e. The highest BCUT2D eigenvalue weighted by Crippen LogP contribution is 2.12. The molecule has 2 aromatic rings. The van der Waals surface area contributed by atoms with E-state index >= 15 is 0 Å². The predicted octanol–water partition coefficient (Wildman–Crippen LogP) is 1.88. The second-order valence-electron chi connectivity index (χ2n) is 5.45. The molecule has 0 radical (unpaired) electrons. The molecule has 23 heavy (non-hydrogen) atoms. The summed E-state index contributed by atoms with van der Waals surface area (Å²) in [4.78, 5) is 23.9. The number of aliphatic hydroxyl groups excluding tert-OH is 1. The van der Waals surface area contributed by atoms with Gasteiger partial charge in [0.2, 0.25) is 0 Å². The number of furan rings is 1. The highest BCUT2D eigenvalue weighted by Gasteiger charge is 2.13. The number of carbonyl (C=O) groups is 2. The highest BCUT2D eigenvalue weighted by atomic mass is 16.4. The normalized spacial score (nSPS) is 12.0. The Morgan fingerprint density at radius 2 is 1.70 bits per heavy atom. The van der Waals surface area contributed by atoms with Gasteiger partial charge in [0, 0.05) is 17.2 Å². The average Bonchev–Trinajstić information content (AvgIpc) is 3.06. The molecule has 6 nitrogen and oxygen atoms in total. The van der Waals surface area contributed by atoms with Crippen molar-refractivity contribution in [1.82, 2.24) is 10.6 Å². The number of aliphatic hydroxyl groups is 1. The van der Waals surface area contributed by atoms with Gasteiger partial charge < -0.3 is 20.2 Å². The highest BCUT2D eigenvalue weighted by molar-refractivity contribution is 5.97. The van der Waals surface area contributed by atoms with Crippen molar-refractivity contribution in [3.63, 3.8) is 0 Å². The van der Waals surface area contributed by atoms with E-state index < -0.39 is 6.10 Å². The molecule has 122 valence electrons. The molecule has 6 heteroatoms. The van der Waals surface area contributed by atoms with Gasteiger partial charge in [0.1, 0.15) is 11.9 Å². The molecule has 1 aromatic heterocycles.